The van der Waals surface area contributed by atoms with Crippen molar-refractivity contribution in [1.29, 1.82) is 0 Å². The van der Waals surface area contributed by atoms with Crippen molar-refractivity contribution in [3.8, 4) is 0 Å². The molecule has 9 heteroatoms. The Balaban J connectivity index is 1.47. The summed E-state index contributed by atoms with van der Waals surface area (Å²) in [6.07, 6.45) is 0.847. The van der Waals surface area contributed by atoms with Crippen LogP contribution in [0.25, 0.3) is 0 Å². The van der Waals surface area contributed by atoms with Crippen LogP contribution in [0.4, 0.5) is 5.69 Å². The minimum Gasteiger partial charge on any atom is -0.325 e. The zero-order chi connectivity index (χ0) is 21.3. The topological polar surface area (TPSA) is 104 Å². The maximum Gasteiger partial charge on any atom is 0.244 e. The van der Waals surface area contributed by atoms with E-state index in [4.69, 9.17) is 0 Å². The summed E-state index contributed by atoms with van der Waals surface area (Å²) in [5, 5.41) is 2.69. The van der Waals surface area contributed by atoms with Crippen LogP contribution in [0.3, 0.4) is 0 Å². The monoisotopic (exact) mass is 427 g/mol. The van der Waals surface area contributed by atoms with Crippen molar-refractivity contribution < 1.29 is 22.8 Å². The molecule has 0 bridgehead atoms. The molecule has 0 saturated carbocycles. The van der Waals surface area contributed by atoms with Crippen LogP contribution in [0.15, 0.2) is 53.4 Å². The molecule has 0 aliphatic carbocycles. The van der Waals surface area contributed by atoms with E-state index in [0.717, 1.165) is 16.0 Å². The molecule has 4 rings (SSSR count). The Morgan fingerprint density at radius 2 is 1.63 bits per heavy atom. The van der Waals surface area contributed by atoms with E-state index in [0.29, 0.717) is 18.7 Å². The summed E-state index contributed by atoms with van der Waals surface area (Å²) in [5.41, 5.74) is 2.33. The number of nitrogens with zero attached hydrogens (tertiary/aromatic N) is 2. The van der Waals surface area contributed by atoms with E-state index in [-0.39, 0.29) is 42.6 Å². The van der Waals surface area contributed by atoms with E-state index >= 15 is 0 Å². The molecule has 8 nitrogen and oxygen atoms in total. The summed E-state index contributed by atoms with van der Waals surface area (Å²) < 4.78 is 27.2. The summed E-state index contributed by atoms with van der Waals surface area (Å²) in [7, 11) is -3.60. The Hall–Kier alpha value is -3.04. The van der Waals surface area contributed by atoms with Gasteiger partial charge in [-0.2, -0.15) is 4.31 Å². The van der Waals surface area contributed by atoms with E-state index in [1.165, 1.54) is 4.31 Å². The van der Waals surface area contributed by atoms with Gasteiger partial charge < -0.3 is 5.32 Å². The maximum absolute atomic E-state index is 12.9. The molecule has 1 saturated heterocycles. The number of benzene rings is 2. The summed E-state index contributed by atoms with van der Waals surface area (Å²) in [4.78, 5) is 36.8. The molecule has 30 heavy (non-hydrogen) atoms. The van der Waals surface area contributed by atoms with Crippen molar-refractivity contribution in [3.63, 3.8) is 0 Å². The standard InChI is InChI=1S/C21H21N3O5S/c25-19(14-24-20(26)8-9-21(24)27)22-17-7-6-15-10-11-23(13-16(15)12-17)30(28,29)18-4-2-1-3-5-18/h1-7,12H,8-11,13-14H2,(H,22,25). The molecule has 0 unspecified atom stereocenters. The van der Waals surface area contributed by atoms with Gasteiger partial charge in [0, 0.05) is 31.6 Å². The first-order chi connectivity index (χ1) is 14.3. The summed E-state index contributed by atoms with van der Waals surface area (Å²) in [6, 6.07) is 13.6. The summed E-state index contributed by atoms with van der Waals surface area (Å²) in [5.74, 6) is -1.16. The number of hydrogen-bond acceptors (Lipinski definition) is 5. The van der Waals surface area contributed by atoms with Crippen LogP contribution in [0.1, 0.15) is 24.0 Å². The molecule has 0 aromatic heterocycles. The highest BCUT2D eigenvalue weighted by Crippen LogP contribution is 2.27. The first-order valence-electron chi connectivity index (χ1n) is 9.64. The van der Waals surface area contributed by atoms with E-state index < -0.39 is 15.9 Å². The van der Waals surface area contributed by atoms with Gasteiger partial charge in [-0.15, -0.1) is 0 Å². The number of rotatable bonds is 5. The molecule has 2 aromatic carbocycles. The third-order valence-electron chi connectivity index (χ3n) is 5.30. The molecule has 0 spiro atoms. The largest absolute Gasteiger partial charge is 0.325 e. The highest BCUT2D eigenvalue weighted by atomic mass is 32.2. The normalized spacial score (nSPS) is 17.1. The van der Waals surface area contributed by atoms with Crippen LogP contribution in [-0.4, -0.2) is 48.4 Å². The van der Waals surface area contributed by atoms with E-state index in [1.54, 1.807) is 42.5 Å². The summed E-state index contributed by atoms with van der Waals surface area (Å²) >= 11 is 0. The van der Waals surface area contributed by atoms with Crippen LogP contribution in [0, 0.1) is 0 Å². The van der Waals surface area contributed by atoms with Crippen molar-refractivity contribution in [3.05, 3.63) is 59.7 Å². The third-order valence-corrected chi connectivity index (χ3v) is 7.16. The predicted octanol–water partition coefficient (Wildman–Crippen LogP) is 1.52. The smallest absolute Gasteiger partial charge is 0.244 e. The fraction of sp³-hybridized carbons (Fsp3) is 0.286. The minimum atomic E-state index is -3.60. The number of fused-ring (bicyclic) bond motifs is 1. The second-order valence-electron chi connectivity index (χ2n) is 7.31. The van der Waals surface area contributed by atoms with Gasteiger partial charge in [0.25, 0.3) is 0 Å². The average Bonchev–Trinajstić information content (AvgIpc) is 3.05. The number of likely N-dealkylation sites (tertiary alicyclic amines) is 1. The first kappa shape index (κ1) is 20.2. The van der Waals surface area contributed by atoms with Crippen molar-refractivity contribution in [2.45, 2.75) is 30.7 Å². The fourth-order valence-electron chi connectivity index (χ4n) is 3.70. The molecule has 1 N–H and O–H groups in total. The average molecular weight is 427 g/mol. The van der Waals surface area contributed by atoms with Gasteiger partial charge in [-0.05, 0) is 41.8 Å². The number of sulfonamides is 1. The number of nitrogens with one attached hydrogen (secondary N) is 1. The highest BCUT2D eigenvalue weighted by molar-refractivity contribution is 7.89. The van der Waals surface area contributed by atoms with Crippen molar-refractivity contribution in [2.75, 3.05) is 18.4 Å². The Kier molecular flexibility index (Phi) is 5.40. The minimum absolute atomic E-state index is 0.136. The maximum atomic E-state index is 12.9. The van der Waals surface area contributed by atoms with E-state index in [9.17, 15) is 22.8 Å². The van der Waals surface area contributed by atoms with Gasteiger partial charge in [-0.3, -0.25) is 19.3 Å². The third kappa shape index (κ3) is 3.99. The number of anilines is 1. The molecule has 1 fully saturated rings. The molecule has 2 heterocycles. The van der Waals surface area contributed by atoms with Gasteiger partial charge in [0.05, 0.1) is 4.90 Å². The lowest BCUT2D eigenvalue weighted by atomic mass is 10.0. The summed E-state index contributed by atoms with van der Waals surface area (Å²) in [6.45, 7) is 0.276. The second-order valence-corrected chi connectivity index (χ2v) is 9.24. The van der Waals surface area contributed by atoms with Crippen LogP contribution in [-0.2, 0) is 37.4 Å². The molecule has 2 aliphatic heterocycles. The Bertz CT molecular complexity index is 1100. The molecule has 2 aromatic rings. The van der Waals surface area contributed by atoms with E-state index in [2.05, 4.69) is 5.32 Å². The van der Waals surface area contributed by atoms with Gasteiger partial charge in [0.1, 0.15) is 6.54 Å². The molecule has 2 aliphatic rings. The lowest BCUT2D eigenvalue weighted by Crippen LogP contribution is -2.37. The first-order valence-corrected chi connectivity index (χ1v) is 11.1. The molecule has 3 amide bonds. The number of imide groups is 1. The van der Waals surface area contributed by atoms with Crippen molar-refractivity contribution in [2.24, 2.45) is 0 Å². The Labute approximate surface area is 174 Å². The van der Waals surface area contributed by atoms with Gasteiger partial charge >= 0.3 is 0 Å². The van der Waals surface area contributed by atoms with Crippen LogP contribution in [0.5, 0.6) is 0 Å². The SMILES string of the molecule is O=C(CN1C(=O)CCC1=O)Nc1ccc2c(c1)CN(S(=O)(=O)c1ccccc1)CC2. The quantitative estimate of drug-likeness (QED) is 0.729. The predicted molar refractivity (Wildman–Crippen MR) is 109 cm³/mol. The number of carbonyl (C=O) groups is 3. The lowest BCUT2D eigenvalue weighted by molar-refractivity contribution is -0.141. The van der Waals surface area contributed by atoms with Crippen LogP contribution >= 0.6 is 0 Å². The van der Waals surface area contributed by atoms with Gasteiger partial charge in [0.15, 0.2) is 0 Å². The molecular formula is C21H21N3O5S. The Morgan fingerprint density at radius 3 is 2.33 bits per heavy atom. The Morgan fingerprint density at radius 1 is 0.933 bits per heavy atom. The highest BCUT2D eigenvalue weighted by Gasteiger charge is 2.31. The second kappa shape index (κ2) is 8.00. The molecule has 0 atom stereocenters. The zero-order valence-electron chi connectivity index (χ0n) is 16.2. The van der Waals surface area contributed by atoms with Gasteiger partial charge in [0.2, 0.25) is 27.7 Å². The van der Waals surface area contributed by atoms with Gasteiger partial charge in [-0.25, -0.2) is 8.42 Å². The molecular weight excluding hydrogens is 406 g/mol. The van der Waals surface area contributed by atoms with Gasteiger partial charge in [-0.1, -0.05) is 24.3 Å². The zero-order valence-corrected chi connectivity index (χ0v) is 17.0. The lowest BCUT2D eigenvalue weighted by Gasteiger charge is -2.28. The number of amides is 3. The van der Waals surface area contributed by atoms with Crippen LogP contribution < -0.4 is 5.32 Å². The molecule has 0 radical (unpaired) electrons. The van der Waals surface area contributed by atoms with E-state index in [1.807, 2.05) is 6.07 Å². The van der Waals surface area contributed by atoms with Crippen molar-refractivity contribution in [1.82, 2.24) is 9.21 Å². The van der Waals surface area contributed by atoms with Crippen molar-refractivity contribution >= 4 is 33.4 Å². The number of hydrogen-bond donors (Lipinski definition) is 1. The number of carbonyl (C=O) groups excluding carboxylic acids is 3. The fourth-order valence-corrected chi connectivity index (χ4v) is 5.14. The molecule has 156 valence electrons. The van der Waals surface area contributed by atoms with Crippen LogP contribution in [0.2, 0.25) is 0 Å².